The van der Waals surface area contributed by atoms with Gasteiger partial charge in [-0.25, -0.2) is 4.79 Å². The molecule has 0 saturated heterocycles. The molecule has 0 aliphatic rings. The zero-order valence-electron chi connectivity index (χ0n) is 11.3. The Morgan fingerprint density at radius 3 is 2.53 bits per heavy atom. The molecule has 104 valence electrons. The highest BCUT2D eigenvalue weighted by molar-refractivity contribution is 5.83. The zero-order valence-corrected chi connectivity index (χ0v) is 11.3. The molecule has 0 spiro atoms. The van der Waals surface area contributed by atoms with Crippen molar-refractivity contribution in [2.45, 2.75) is 25.9 Å². The number of ether oxygens (including phenoxy) is 1. The number of rotatable bonds is 6. The molecule has 1 aromatic heterocycles. The molecule has 6 heteroatoms. The number of methoxy groups -OCH3 is 1. The molecule has 19 heavy (non-hydrogen) atoms. The molecule has 0 saturated carbocycles. The van der Waals surface area contributed by atoms with E-state index in [4.69, 9.17) is 0 Å². The Hall–Kier alpha value is -1.95. The minimum absolute atomic E-state index is 0.0453. The summed E-state index contributed by atoms with van der Waals surface area (Å²) in [7, 11) is 1.30. The van der Waals surface area contributed by atoms with Crippen molar-refractivity contribution < 1.29 is 14.3 Å². The van der Waals surface area contributed by atoms with E-state index in [0.717, 1.165) is 5.56 Å². The van der Waals surface area contributed by atoms with E-state index in [1.54, 1.807) is 12.4 Å². The fraction of sp³-hybridized carbons (Fsp3) is 0.462. The van der Waals surface area contributed by atoms with Gasteiger partial charge >= 0.3 is 5.97 Å². The lowest BCUT2D eigenvalue weighted by Crippen LogP contribution is -2.47. The number of aromatic nitrogens is 1. The second-order valence-corrected chi connectivity index (χ2v) is 4.19. The molecule has 2 N–H and O–H groups in total. The van der Waals surface area contributed by atoms with E-state index < -0.39 is 12.0 Å². The van der Waals surface area contributed by atoms with Gasteiger partial charge < -0.3 is 15.4 Å². The Kier molecular flexibility index (Phi) is 5.95. The molecule has 1 heterocycles. The van der Waals surface area contributed by atoms with Crippen molar-refractivity contribution in [3.63, 3.8) is 0 Å². The number of pyridine rings is 1. The van der Waals surface area contributed by atoms with Crippen LogP contribution in [0.25, 0.3) is 0 Å². The first kappa shape index (κ1) is 15.1. The summed E-state index contributed by atoms with van der Waals surface area (Å²) in [5, 5.41) is 5.73. The van der Waals surface area contributed by atoms with Gasteiger partial charge in [-0.3, -0.25) is 9.78 Å². The average molecular weight is 265 g/mol. The van der Waals surface area contributed by atoms with Crippen LogP contribution >= 0.6 is 0 Å². The maximum Gasteiger partial charge on any atom is 0.329 e. The summed E-state index contributed by atoms with van der Waals surface area (Å²) in [6.07, 6.45) is 3.41. The van der Waals surface area contributed by atoms with E-state index in [0.29, 0.717) is 6.54 Å². The van der Waals surface area contributed by atoms with E-state index >= 15 is 0 Å². The van der Waals surface area contributed by atoms with E-state index in [1.165, 1.54) is 14.0 Å². The standard InChI is InChI=1S/C13H19N3O3/c1-9(11-4-6-14-7-5-11)15-8-12(13(18)19-3)16-10(2)17/h4-7,9,12,15H,8H2,1-3H3,(H,16,17)/t9-,12?/m0/s1. The first-order chi connectivity index (χ1) is 9.04. The van der Waals surface area contributed by atoms with Crippen LogP contribution in [-0.4, -0.2) is 36.6 Å². The second kappa shape index (κ2) is 7.48. The number of amides is 1. The molecular formula is C13H19N3O3. The fourth-order valence-electron chi connectivity index (χ4n) is 1.65. The molecule has 2 atom stereocenters. The van der Waals surface area contributed by atoms with E-state index in [1.807, 2.05) is 19.1 Å². The Balaban J connectivity index is 2.56. The molecule has 1 amide bonds. The summed E-state index contributed by atoms with van der Waals surface area (Å²) in [6, 6.07) is 3.14. The monoisotopic (exact) mass is 265 g/mol. The molecule has 1 aromatic rings. The van der Waals surface area contributed by atoms with Crippen LogP contribution < -0.4 is 10.6 Å². The van der Waals surface area contributed by atoms with Gasteiger partial charge in [0.15, 0.2) is 0 Å². The summed E-state index contributed by atoms with van der Waals surface area (Å²) in [5.74, 6) is -0.738. The summed E-state index contributed by atoms with van der Waals surface area (Å²) >= 11 is 0. The first-order valence-electron chi connectivity index (χ1n) is 6.02. The van der Waals surface area contributed by atoms with Gasteiger partial charge in [-0.1, -0.05) is 0 Å². The Morgan fingerprint density at radius 2 is 2.00 bits per heavy atom. The molecule has 0 fully saturated rings. The molecule has 1 unspecified atom stereocenters. The van der Waals surface area contributed by atoms with Crippen molar-refractivity contribution in [1.29, 1.82) is 0 Å². The lowest BCUT2D eigenvalue weighted by atomic mass is 10.1. The van der Waals surface area contributed by atoms with Crippen LogP contribution in [-0.2, 0) is 14.3 Å². The van der Waals surface area contributed by atoms with Crippen molar-refractivity contribution >= 4 is 11.9 Å². The molecule has 0 aliphatic heterocycles. The number of carbonyl (C=O) groups excluding carboxylic acids is 2. The SMILES string of the molecule is COC(=O)C(CN[C@@H](C)c1ccncc1)NC(C)=O. The molecular weight excluding hydrogens is 246 g/mol. The molecule has 0 aromatic carbocycles. The minimum Gasteiger partial charge on any atom is -0.467 e. The van der Waals surface area contributed by atoms with Crippen LogP contribution in [0.2, 0.25) is 0 Å². The summed E-state index contributed by atoms with van der Waals surface area (Å²) in [5.41, 5.74) is 1.06. The van der Waals surface area contributed by atoms with E-state index in [2.05, 4.69) is 20.4 Å². The summed E-state index contributed by atoms with van der Waals surface area (Å²) < 4.78 is 4.65. The maximum absolute atomic E-state index is 11.5. The van der Waals surface area contributed by atoms with Gasteiger partial charge in [-0.15, -0.1) is 0 Å². The molecule has 0 bridgehead atoms. The van der Waals surface area contributed by atoms with Gasteiger partial charge in [0.1, 0.15) is 6.04 Å². The highest BCUT2D eigenvalue weighted by Crippen LogP contribution is 2.09. The maximum atomic E-state index is 11.5. The predicted molar refractivity (Wildman–Crippen MR) is 70.3 cm³/mol. The van der Waals surface area contributed by atoms with Crippen LogP contribution in [0, 0.1) is 0 Å². The lowest BCUT2D eigenvalue weighted by molar-refractivity contribution is -0.144. The Labute approximate surface area is 112 Å². The average Bonchev–Trinajstić information content (AvgIpc) is 2.42. The second-order valence-electron chi connectivity index (χ2n) is 4.19. The zero-order chi connectivity index (χ0) is 14.3. The van der Waals surface area contributed by atoms with Crippen LogP contribution in [0.1, 0.15) is 25.5 Å². The Bertz CT molecular complexity index is 422. The number of hydrogen-bond acceptors (Lipinski definition) is 5. The quantitative estimate of drug-likeness (QED) is 0.728. The van der Waals surface area contributed by atoms with Crippen molar-refractivity contribution in [1.82, 2.24) is 15.6 Å². The molecule has 6 nitrogen and oxygen atoms in total. The third kappa shape index (κ3) is 5.05. The third-order valence-corrected chi connectivity index (χ3v) is 2.70. The Morgan fingerprint density at radius 1 is 1.37 bits per heavy atom. The van der Waals surface area contributed by atoms with Gasteiger partial charge in [0.2, 0.25) is 5.91 Å². The van der Waals surface area contributed by atoms with Gasteiger partial charge in [-0.2, -0.15) is 0 Å². The third-order valence-electron chi connectivity index (χ3n) is 2.70. The van der Waals surface area contributed by atoms with Gasteiger partial charge in [0, 0.05) is 31.9 Å². The van der Waals surface area contributed by atoms with Crippen molar-refractivity contribution in [2.24, 2.45) is 0 Å². The highest BCUT2D eigenvalue weighted by atomic mass is 16.5. The fourth-order valence-corrected chi connectivity index (χ4v) is 1.65. The molecule has 1 rings (SSSR count). The highest BCUT2D eigenvalue weighted by Gasteiger charge is 2.20. The summed E-state index contributed by atoms with van der Waals surface area (Å²) in [4.78, 5) is 26.5. The number of esters is 1. The van der Waals surface area contributed by atoms with Gasteiger partial charge in [-0.05, 0) is 24.6 Å². The minimum atomic E-state index is -0.688. The number of nitrogens with one attached hydrogen (secondary N) is 2. The predicted octanol–water partition coefficient (Wildman–Crippen LogP) is 0.410. The van der Waals surface area contributed by atoms with Crippen molar-refractivity contribution in [3.8, 4) is 0 Å². The van der Waals surface area contributed by atoms with Crippen LogP contribution in [0.4, 0.5) is 0 Å². The van der Waals surface area contributed by atoms with E-state index in [9.17, 15) is 9.59 Å². The molecule has 0 radical (unpaired) electrons. The lowest BCUT2D eigenvalue weighted by Gasteiger charge is -2.19. The molecule has 0 aliphatic carbocycles. The van der Waals surface area contributed by atoms with Crippen molar-refractivity contribution in [2.75, 3.05) is 13.7 Å². The van der Waals surface area contributed by atoms with Crippen LogP contribution in [0.5, 0.6) is 0 Å². The van der Waals surface area contributed by atoms with E-state index in [-0.39, 0.29) is 11.9 Å². The normalized spacial score (nSPS) is 13.4. The number of nitrogens with zero attached hydrogens (tertiary/aromatic N) is 1. The largest absolute Gasteiger partial charge is 0.467 e. The van der Waals surface area contributed by atoms with Crippen LogP contribution in [0.15, 0.2) is 24.5 Å². The number of carbonyl (C=O) groups is 2. The van der Waals surface area contributed by atoms with Crippen molar-refractivity contribution in [3.05, 3.63) is 30.1 Å². The summed E-state index contributed by atoms with van der Waals surface area (Å²) in [6.45, 7) is 3.63. The smallest absolute Gasteiger partial charge is 0.329 e. The first-order valence-corrected chi connectivity index (χ1v) is 6.02. The van der Waals surface area contributed by atoms with Crippen LogP contribution in [0.3, 0.4) is 0 Å². The van der Waals surface area contributed by atoms with Gasteiger partial charge in [0.05, 0.1) is 7.11 Å². The topological polar surface area (TPSA) is 80.3 Å². The number of hydrogen-bond donors (Lipinski definition) is 2. The van der Waals surface area contributed by atoms with Gasteiger partial charge in [0.25, 0.3) is 0 Å².